The van der Waals surface area contributed by atoms with Gasteiger partial charge in [-0.05, 0) is 31.0 Å². The minimum absolute atomic E-state index is 0.0577. The fraction of sp³-hybridized carbons (Fsp3) is 0.455. The molecule has 2 aliphatic rings. The summed E-state index contributed by atoms with van der Waals surface area (Å²) in [6, 6.07) is 6.33. The van der Waals surface area contributed by atoms with Crippen molar-refractivity contribution in [3.05, 3.63) is 40.6 Å². The molecule has 0 bridgehead atoms. The van der Waals surface area contributed by atoms with Crippen LogP contribution in [-0.4, -0.2) is 65.2 Å². The zero-order valence-electron chi connectivity index (χ0n) is 17.2. The number of benzene rings is 1. The summed E-state index contributed by atoms with van der Waals surface area (Å²) in [5.41, 5.74) is 2.62. The molecule has 3 aromatic rings. The lowest BCUT2D eigenvalue weighted by Crippen LogP contribution is -2.39. The number of hydrogen-bond donors (Lipinski definition) is 1. The number of aliphatic hydroxyl groups excluding tert-OH is 1. The van der Waals surface area contributed by atoms with E-state index >= 15 is 0 Å². The molecule has 2 aromatic heterocycles. The number of aliphatic hydroxyl groups is 1. The van der Waals surface area contributed by atoms with Crippen molar-refractivity contribution < 1.29 is 14.6 Å². The van der Waals surface area contributed by atoms with Crippen LogP contribution in [0.5, 0.6) is 0 Å². The smallest absolute Gasteiger partial charge is 0.196 e. The largest absolute Gasteiger partial charge is 0.390 e. The number of carbonyl (C=O) groups excluding carboxylic acids is 1. The molecule has 9 heteroatoms. The minimum atomic E-state index is -0.139. The zero-order chi connectivity index (χ0) is 21.2. The van der Waals surface area contributed by atoms with Gasteiger partial charge in [-0.15, -0.1) is 11.3 Å². The molecule has 31 heavy (non-hydrogen) atoms. The fourth-order valence-corrected chi connectivity index (χ4v) is 5.18. The number of nitrogens with zero attached hydrogens (tertiary/aromatic N) is 5. The van der Waals surface area contributed by atoms with Crippen molar-refractivity contribution in [3.8, 4) is 0 Å². The van der Waals surface area contributed by atoms with Crippen LogP contribution in [0.2, 0.25) is 0 Å². The number of ether oxygens (including phenoxy) is 1. The van der Waals surface area contributed by atoms with Crippen molar-refractivity contribution in [2.24, 2.45) is 5.92 Å². The second-order valence-electron chi connectivity index (χ2n) is 7.95. The highest BCUT2D eigenvalue weighted by molar-refractivity contribution is 7.11. The monoisotopic (exact) mass is 439 g/mol. The predicted molar refractivity (Wildman–Crippen MR) is 120 cm³/mol. The molecule has 1 aromatic carbocycles. The second-order valence-corrected chi connectivity index (χ2v) is 8.81. The molecule has 4 heterocycles. The van der Waals surface area contributed by atoms with Gasteiger partial charge in [0.05, 0.1) is 31.0 Å². The van der Waals surface area contributed by atoms with Gasteiger partial charge in [0.25, 0.3) is 0 Å². The molecule has 2 aliphatic heterocycles. The van der Waals surface area contributed by atoms with E-state index in [1.54, 1.807) is 11.7 Å². The first kappa shape index (κ1) is 20.3. The molecule has 0 radical (unpaired) electrons. The molecule has 1 N–H and O–H groups in total. The number of rotatable bonds is 5. The molecule has 1 atom stereocenters. The third-order valence-corrected chi connectivity index (χ3v) is 6.90. The highest BCUT2D eigenvalue weighted by Crippen LogP contribution is 2.31. The van der Waals surface area contributed by atoms with Crippen LogP contribution in [-0.2, 0) is 11.3 Å². The van der Waals surface area contributed by atoms with Crippen molar-refractivity contribution >= 4 is 39.5 Å². The van der Waals surface area contributed by atoms with Gasteiger partial charge in [-0.2, -0.15) is 0 Å². The fourth-order valence-electron chi connectivity index (χ4n) is 4.35. The van der Waals surface area contributed by atoms with E-state index in [0.29, 0.717) is 17.2 Å². The summed E-state index contributed by atoms with van der Waals surface area (Å²) in [4.78, 5) is 30.9. The summed E-state index contributed by atoms with van der Waals surface area (Å²) in [5, 5.41) is 12.5. The predicted octanol–water partition coefficient (Wildman–Crippen LogP) is 2.51. The van der Waals surface area contributed by atoms with Gasteiger partial charge in [0, 0.05) is 48.6 Å². The Morgan fingerprint density at radius 3 is 2.87 bits per heavy atom. The Hall–Kier alpha value is -2.62. The lowest BCUT2D eigenvalue weighted by Gasteiger charge is -2.33. The van der Waals surface area contributed by atoms with Crippen molar-refractivity contribution in [1.82, 2.24) is 15.0 Å². The van der Waals surface area contributed by atoms with Crippen LogP contribution in [0.15, 0.2) is 29.9 Å². The summed E-state index contributed by atoms with van der Waals surface area (Å²) < 4.78 is 5.46. The molecule has 0 spiro atoms. The van der Waals surface area contributed by atoms with Gasteiger partial charge in [0.2, 0.25) is 0 Å². The van der Waals surface area contributed by atoms with Gasteiger partial charge < -0.3 is 19.6 Å². The number of ketones is 1. The Bertz CT molecular complexity index is 1080. The molecule has 0 amide bonds. The van der Waals surface area contributed by atoms with Crippen molar-refractivity contribution in [1.29, 1.82) is 0 Å². The van der Waals surface area contributed by atoms with Crippen molar-refractivity contribution in [2.45, 2.75) is 19.4 Å². The van der Waals surface area contributed by atoms with E-state index < -0.39 is 0 Å². The number of morpholine rings is 1. The van der Waals surface area contributed by atoms with Crippen LogP contribution in [0.3, 0.4) is 0 Å². The molecule has 8 nitrogen and oxygen atoms in total. The molecule has 0 saturated carbocycles. The first-order chi connectivity index (χ1) is 15.2. The van der Waals surface area contributed by atoms with Crippen molar-refractivity contribution in [2.75, 3.05) is 49.2 Å². The number of thiazole rings is 1. The van der Waals surface area contributed by atoms with E-state index in [0.717, 1.165) is 68.1 Å². The number of carbonyl (C=O) groups is 1. The Balaban J connectivity index is 1.38. The number of hydrogen-bond acceptors (Lipinski definition) is 9. The first-order valence-corrected chi connectivity index (χ1v) is 11.5. The van der Waals surface area contributed by atoms with E-state index in [-0.39, 0.29) is 18.3 Å². The van der Waals surface area contributed by atoms with Gasteiger partial charge in [-0.3, -0.25) is 4.79 Å². The number of piperidine rings is 1. The lowest BCUT2D eigenvalue weighted by atomic mass is 9.93. The lowest BCUT2D eigenvalue weighted by molar-refractivity contribution is 0.0906. The van der Waals surface area contributed by atoms with Crippen LogP contribution in [0.4, 0.5) is 11.5 Å². The minimum Gasteiger partial charge on any atom is -0.390 e. The summed E-state index contributed by atoms with van der Waals surface area (Å²) in [5.74, 6) is 0.817. The molecule has 2 fully saturated rings. The third kappa shape index (κ3) is 4.13. The molecule has 2 saturated heterocycles. The standard InChI is InChI=1S/C22H25N5O3S/c28-12-16-13-31-22(25-16)20(29)15-2-1-5-27(11-15)21-18-4-3-17(10-19(18)23-14-24-21)26-6-8-30-9-7-26/h3-4,10,13-15,28H,1-2,5-9,11-12H2. The van der Waals surface area contributed by atoms with Crippen LogP contribution in [0, 0.1) is 5.92 Å². The summed E-state index contributed by atoms with van der Waals surface area (Å²) in [7, 11) is 0. The third-order valence-electron chi connectivity index (χ3n) is 5.99. The van der Waals surface area contributed by atoms with Gasteiger partial charge in [-0.1, -0.05) is 0 Å². The SMILES string of the molecule is O=C(c1nc(CO)cs1)C1CCCN(c2ncnc3cc(N4CCOCC4)ccc23)C1. The molecule has 162 valence electrons. The van der Waals surface area contributed by atoms with E-state index in [9.17, 15) is 9.90 Å². The van der Waals surface area contributed by atoms with Gasteiger partial charge in [0.1, 0.15) is 12.1 Å². The maximum atomic E-state index is 13.0. The first-order valence-electron chi connectivity index (χ1n) is 10.6. The van der Waals surface area contributed by atoms with Gasteiger partial charge in [0.15, 0.2) is 10.8 Å². The number of anilines is 2. The average molecular weight is 440 g/mol. The number of aromatic nitrogens is 3. The topological polar surface area (TPSA) is 91.7 Å². The molecule has 1 unspecified atom stereocenters. The van der Waals surface area contributed by atoms with Crippen LogP contribution in [0.1, 0.15) is 28.3 Å². The summed E-state index contributed by atoms with van der Waals surface area (Å²) in [6.45, 7) is 4.59. The second kappa shape index (κ2) is 8.86. The Kier molecular flexibility index (Phi) is 5.80. The maximum absolute atomic E-state index is 13.0. The van der Waals surface area contributed by atoms with Crippen molar-refractivity contribution in [3.63, 3.8) is 0 Å². The Morgan fingerprint density at radius 2 is 2.06 bits per heavy atom. The van der Waals surface area contributed by atoms with Crippen LogP contribution in [0.25, 0.3) is 10.9 Å². The number of fused-ring (bicyclic) bond motifs is 1. The van der Waals surface area contributed by atoms with E-state index in [2.05, 4.69) is 43.0 Å². The Morgan fingerprint density at radius 1 is 1.19 bits per heavy atom. The molecular weight excluding hydrogens is 414 g/mol. The van der Waals surface area contributed by atoms with Crippen LogP contribution >= 0.6 is 11.3 Å². The average Bonchev–Trinajstić information content (AvgIpc) is 3.33. The quantitative estimate of drug-likeness (QED) is 0.607. The maximum Gasteiger partial charge on any atom is 0.196 e. The summed E-state index contributed by atoms with van der Waals surface area (Å²) >= 11 is 1.31. The molecule has 0 aliphatic carbocycles. The molecule has 5 rings (SSSR count). The summed E-state index contributed by atoms with van der Waals surface area (Å²) in [6.07, 6.45) is 3.38. The normalized spacial score (nSPS) is 19.7. The van der Waals surface area contributed by atoms with Gasteiger partial charge >= 0.3 is 0 Å². The zero-order valence-corrected chi connectivity index (χ0v) is 18.1. The van der Waals surface area contributed by atoms with E-state index in [1.807, 2.05) is 0 Å². The van der Waals surface area contributed by atoms with E-state index in [4.69, 9.17) is 4.74 Å². The van der Waals surface area contributed by atoms with E-state index in [1.165, 1.54) is 11.3 Å². The van der Waals surface area contributed by atoms with Crippen LogP contribution < -0.4 is 9.80 Å². The molecular formula is C22H25N5O3S. The highest BCUT2D eigenvalue weighted by atomic mass is 32.1. The van der Waals surface area contributed by atoms with Gasteiger partial charge in [-0.25, -0.2) is 15.0 Å². The number of Topliss-reactive ketones (excluding diaryl/α,β-unsaturated/α-hetero) is 1. The highest BCUT2D eigenvalue weighted by Gasteiger charge is 2.29. The Labute approximate surface area is 184 Å².